The average molecular weight is 480 g/mol. The van der Waals surface area contributed by atoms with E-state index in [-0.39, 0.29) is 24.0 Å². The Morgan fingerprint density at radius 3 is 2.25 bits per heavy atom. The summed E-state index contributed by atoms with van der Waals surface area (Å²) in [4.78, 5) is 17.0. The van der Waals surface area contributed by atoms with Crippen molar-refractivity contribution in [1.29, 1.82) is 0 Å². The summed E-state index contributed by atoms with van der Waals surface area (Å²) >= 11 is 0. The molecule has 0 saturated heterocycles. The molecule has 4 aromatic carbocycles. The molecule has 0 aliphatic carbocycles. The Labute approximate surface area is 208 Å². The molecule has 0 unspecified atom stereocenters. The summed E-state index contributed by atoms with van der Waals surface area (Å²) in [5.41, 5.74) is 4.40. The number of halogens is 1. The van der Waals surface area contributed by atoms with Crippen molar-refractivity contribution in [2.75, 3.05) is 7.11 Å². The number of benzene rings is 4. The van der Waals surface area contributed by atoms with Crippen molar-refractivity contribution in [3.63, 3.8) is 0 Å². The average Bonchev–Trinajstić information content (AvgIpc) is 3.29. The van der Waals surface area contributed by atoms with Gasteiger partial charge in [0.25, 0.3) is 0 Å². The summed E-state index contributed by atoms with van der Waals surface area (Å²) in [5.74, 6) is 0.315. The summed E-state index contributed by atoms with van der Waals surface area (Å²) in [5, 5.41) is 0. The minimum Gasteiger partial charge on any atom is -0.493 e. The van der Waals surface area contributed by atoms with E-state index in [0.717, 1.165) is 16.7 Å². The molecule has 0 spiro atoms. The molecule has 0 aromatic heterocycles. The van der Waals surface area contributed by atoms with Crippen molar-refractivity contribution >= 4 is 17.9 Å². The zero-order chi connectivity index (χ0) is 24.9. The molecule has 36 heavy (non-hydrogen) atoms. The van der Waals surface area contributed by atoms with Gasteiger partial charge in [-0.05, 0) is 53.1 Å². The van der Waals surface area contributed by atoms with Gasteiger partial charge < -0.3 is 14.2 Å². The number of hydrogen-bond acceptors (Lipinski definition) is 5. The SMILES string of the molecule is COc1cccc(/C=C2\N=C(c3ccc(-c4ccccc4)cc3)OC2=O)c1OCc1ccc(F)cc1. The minimum atomic E-state index is -0.551. The van der Waals surface area contributed by atoms with Crippen LogP contribution in [0.25, 0.3) is 17.2 Å². The van der Waals surface area contributed by atoms with E-state index in [0.29, 0.717) is 22.6 Å². The molecule has 1 aliphatic rings. The molecule has 0 atom stereocenters. The Kier molecular flexibility index (Phi) is 6.58. The number of methoxy groups -OCH3 is 1. The first kappa shape index (κ1) is 23.1. The molecule has 0 radical (unpaired) electrons. The van der Waals surface area contributed by atoms with Gasteiger partial charge in [-0.15, -0.1) is 0 Å². The molecule has 6 heteroatoms. The first-order chi connectivity index (χ1) is 17.6. The molecule has 5 rings (SSSR count). The number of cyclic esters (lactones) is 1. The normalized spacial score (nSPS) is 13.9. The largest absolute Gasteiger partial charge is 0.493 e. The smallest absolute Gasteiger partial charge is 0.363 e. The van der Waals surface area contributed by atoms with Gasteiger partial charge in [0, 0.05) is 11.1 Å². The molecule has 1 aliphatic heterocycles. The van der Waals surface area contributed by atoms with Crippen molar-refractivity contribution < 1.29 is 23.4 Å². The van der Waals surface area contributed by atoms with Crippen molar-refractivity contribution in [3.05, 3.63) is 125 Å². The van der Waals surface area contributed by atoms with E-state index in [4.69, 9.17) is 14.2 Å². The Hall–Kier alpha value is -4.71. The van der Waals surface area contributed by atoms with Crippen molar-refractivity contribution in [3.8, 4) is 22.6 Å². The zero-order valence-electron chi connectivity index (χ0n) is 19.5. The van der Waals surface area contributed by atoms with E-state index in [1.165, 1.54) is 19.2 Å². The van der Waals surface area contributed by atoms with Crippen molar-refractivity contribution in [2.24, 2.45) is 4.99 Å². The third kappa shape index (κ3) is 5.03. The number of para-hydroxylation sites is 1. The first-order valence-corrected chi connectivity index (χ1v) is 11.3. The van der Waals surface area contributed by atoms with Gasteiger partial charge in [0.15, 0.2) is 17.2 Å². The van der Waals surface area contributed by atoms with Gasteiger partial charge in [-0.1, -0.05) is 66.7 Å². The van der Waals surface area contributed by atoms with Crippen molar-refractivity contribution in [2.45, 2.75) is 6.61 Å². The standard InChI is InChI=1S/C30H22FNO4/c1-34-27-9-5-8-24(28(27)35-19-20-10-16-25(31)17-11-20)18-26-30(33)36-29(32-26)23-14-12-22(13-15-23)21-6-3-2-4-7-21/h2-18H,19H2,1H3/b26-18-. The van der Waals surface area contributed by atoms with Crippen LogP contribution >= 0.6 is 0 Å². The van der Waals surface area contributed by atoms with Crippen LogP contribution in [0.5, 0.6) is 11.5 Å². The molecule has 1 heterocycles. The number of esters is 1. The van der Waals surface area contributed by atoms with Gasteiger partial charge in [0.05, 0.1) is 7.11 Å². The highest BCUT2D eigenvalue weighted by molar-refractivity contribution is 6.13. The van der Waals surface area contributed by atoms with Gasteiger partial charge >= 0.3 is 5.97 Å². The summed E-state index contributed by atoms with van der Waals surface area (Å²) in [6.45, 7) is 0.198. The second kappa shape index (κ2) is 10.3. The predicted molar refractivity (Wildman–Crippen MR) is 136 cm³/mol. The molecule has 178 valence electrons. The van der Waals surface area contributed by atoms with Crippen LogP contribution in [0.1, 0.15) is 16.7 Å². The fraction of sp³-hybridized carbons (Fsp3) is 0.0667. The van der Waals surface area contributed by atoms with Gasteiger partial charge in [-0.3, -0.25) is 0 Å². The number of hydrogen-bond donors (Lipinski definition) is 0. The maximum atomic E-state index is 13.2. The Balaban J connectivity index is 1.41. The minimum absolute atomic E-state index is 0.150. The van der Waals surface area contributed by atoms with E-state index in [1.807, 2.05) is 54.6 Å². The molecular weight excluding hydrogens is 457 g/mol. The number of rotatable bonds is 7. The number of carbonyl (C=O) groups is 1. The lowest BCUT2D eigenvalue weighted by Crippen LogP contribution is -2.05. The molecule has 0 bridgehead atoms. The summed E-state index contributed by atoms with van der Waals surface area (Å²) in [6, 6.07) is 29.1. The first-order valence-electron chi connectivity index (χ1n) is 11.3. The van der Waals surface area contributed by atoms with Crippen LogP contribution in [0.2, 0.25) is 0 Å². The monoisotopic (exact) mass is 479 g/mol. The molecule has 0 fully saturated rings. The summed E-state index contributed by atoms with van der Waals surface area (Å²) < 4.78 is 30.1. The zero-order valence-corrected chi connectivity index (χ0v) is 19.5. The van der Waals surface area contributed by atoms with Crippen LogP contribution in [0.15, 0.2) is 108 Å². The van der Waals surface area contributed by atoms with Crippen LogP contribution in [-0.2, 0) is 16.1 Å². The topological polar surface area (TPSA) is 57.1 Å². The van der Waals surface area contributed by atoms with E-state index in [1.54, 1.807) is 36.4 Å². The van der Waals surface area contributed by atoms with Crippen LogP contribution in [0.4, 0.5) is 4.39 Å². The molecule has 4 aromatic rings. The van der Waals surface area contributed by atoms with Crippen LogP contribution in [0, 0.1) is 5.82 Å². The van der Waals surface area contributed by atoms with E-state index in [2.05, 4.69) is 4.99 Å². The number of carbonyl (C=O) groups excluding carboxylic acids is 1. The fourth-order valence-electron chi connectivity index (χ4n) is 3.81. The van der Waals surface area contributed by atoms with Crippen LogP contribution in [-0.4, -0.2) is 19.0 Å². The highest BCUT2D eigenvalue weighted by Crippen LogP contribution is 2.34. The van der Waals surface area contributed by atoms with Gasteiger partial charge in [-0.2, -0.15) is 0 Å². The van der Waals surface area contributed by atoms with E-state index >= 15 is 0 Å². The molecule has 0 amide bonds. The Bertz CT molecular complexity index is 1440. The van der Waals surface area contributed by atoms with E-state index in [9.17, 15) is 9.18 Å². The highest BCUT2D eigenvalue weighted by Gasteiger charge is 2.25. The second-order valence-corrected chi connectivity index (χ2v) is 8.07. The maximum absolute atomic E-state index is 13.2. The fourth-order valence-corrected chi connectivity index (χ4v) is 3.81. The number of ether oxygens (including phenoxy) is 3. The highest BCUT2D eigenvalue weighted by atomic mass is 19.1. The number of aliphatic imine (C=N–C) groups is 1. The molecule has 0 N–H and O–H groups in total. The molecule has 5 nitrogen and oxygen atoms in total. The van der Waals surface area contributed by atoms with Crippen LogP contribution in [0.3, 0.4) is 0 Å². The molecular formula is C30H22FNO4. The molecule has 0 saturated carbocycles. The lowest BCUT2D eigenvalue weighted by Gasteiger charge is -2.13. The second-order valence-electron chi connectivity index (χ2n) is 8.07. The van der Waals surface area contributed by atoms with Gasteiger partial charge in [0.1, 0.15) is 12.4 Å². The third-order valence-corrected chi connectivity index (χ3v) is 5.68. The van der Waals surface area contributed by atoms with Crippen molar-refractivity contribution in [1.82, 2.24) is 0 Å². The summed E-state index contributed by atoms with van der Waals surface area (Å²) in [7, 11) is 1.54. The lowest BCUT2D eigenvalue weighted by atomic mass is 10.0. The van der Waals surface area contributed by atoms with Gasteiger partial charge in [0.2, 0.25) is 5.90 Å². The number of nitrogens with zero attached hydrogens (tertiary/aromatic N) is 1. The summed E-state index contributed by atoms with van der Waals surface area (Å²) in [6.07, 6.45) is 1.61. The lowest BCUT2D eigenvalue weighted by molar-refractivity contribution is -0.129. The predicted octanol–water partition coefficient (Wildman–Crippen LogP) is 6.42. The Morgan fingerprint density at radius 1 is 0.833 bits per heavy atom. The van der Waals surface area contributed by atoms with E-state index < -0.39 is 5.97 Å². The quantitative estimate of drug-likeness (QED) is 0.227. The maximum Gasteiger partial charge on any atom is 0.363 e. The third-order valence-electron chi connectivity index (χ3n) is 5.68. The van der Waals surface area contributed by atoms with Crippen LogP contribution < -0.4 is 9.47 Å². The Morgan fingerprint density at radius 2 is 1.53 bits per heavy atom. The van der Waals surface area contributed by atoms with Gasteiger partial charge in [-0.25, -0.2) is 14.2 Å².